The number of hydrogen-bond acceptors (Lipinski definition) is 2. The Hall–Kier alpha value is -0.790. The molecule has 0 aromatic rings. The van der Waals surface area contributed by atoms with Gasteiger partial charge < -0.3 is 4.84 Å². The van der Waals surface area contributed by atoms with Crippen LogP contribution >= 0.6 is 0 Å². The van der Waals surface area contributed by atoms with E-state index in [1.165, 1.54) is 6.42 Å². The van der Waals surface area contributed by atoms with Gasteiger partial charge in [0, 0.05) is 6.42 Å². The van der Waals surface area contributed by atoms with Crippen molar-refractivity contribution in [1.29, 1.82) is 0 Å². The van der Waals surface area contributed by atoms with E-state index in [9.17, 15) is 0 Å². The van der Waals surface area contributed by atoms with Crippen molar-refractivity contribution in [2.45, 2.75) is 39.2 Å². The molecular weight excluding hydrogens is 138 g/mol. The Balaban J connectivity index is 2.20. The molecule has 0 aliphatic carbocycles. The van der Waals surface area contributed by atoms with Gasteiger partial charge in [0.25, 0.3) is 0 Å². The molecule has 2 heteroatoms. The van der Waals surface area contributed by atoms with E-state index in [1.807, 2.05) is 6.92 Å². The number of allylic oxidation sites excluding steroid dienone is 1. The van der Waals surface area contributed by atoms with E-state index in [0.717, 1.165) is 18.6 Å². The van der Waals surface area contributed by atoms with Gasteiger partial charge in [-0.25, -0.2) is 0 Å². The van der Waals surface area contributed by atoms with Crippen LogP contribution in [0, 0.1) is 0 Å². The van der Waals surface area contributed by atoms with Gasteiger partial charge in [-0.15, -0.1) is 0 Å². The lowest BCUT2D eigenvalue weighted by Crippen LogP contribution is -2.01. The van der Waals surface area contributed by atoms with Gasteiger partial charge in [-0.3, -0.25) is 0 Å². The van der Waals surface area contributed by atoms with Gasteiger partial charge >= 0.3 is 0 Å². The minimum atomic E-state index is 0.210. The molecule has 0 fully saturated rings. The molecule has 0 amide bonds. The first-order chi connectivity index (χ1) is 5.33. The third kappa shape index (κ3) is 2.74. The molecule has 0 spiro atoms. The third-order valence-corrected chi connectivity index (χ3v) is 1.65. The second-order valence-corrected chi connectivity index (χ2v) is 2.89. The van der Waals surface area contributed by atoms with Crippen LogP contribution in [-0.4, -0.2) is 11.8 Å². The Morgan fingerprint density at radius 2 is 2.55 bits per heavy atom. The zero-order valence-corrected chi connectivity index (χ0v) is 7.21. The number of unbranched alkanes of at least 4 members (excludes halogenated alkanes) is 1. The SMILES string of the molecule is CCC/C=C/C1CC(C)=NO1. The topological polar surface area (TPSA) is 21.6 Å². The maximum absolute atomic E-state index is 5.11. The van der Waals surface area contributed by atoms with E-state index >= 15 is 0 Å². The maximum Gasteiger partial charge on any atom is 0.151 e. The van der Waals surface area contributed by atoms with E-state index in [-0.39, 0.29) is 6.10 Å². The summed E-state index contributed by atoms with van der Waals surface area (Å²) in [6.45, 7) is 4.16. The van der Waals surface area contributed by atoms with Crippen molar-refractivity contribution in [2.24, 2.45) is 5.16 Å². The first-order valence-corrected chi connectivity index (χ1v) is 4.19. The second-order valence-electron chi connectivity index (χ2n) is 2.89. The van der Waals surface area contributed by atoms with Gasteiger partial charge in [-0.05, 0) is 19.4 Å². The number of oxime groups is 1. The summed E-state index contributed by atoms with van der Waals surface area (Å²) in [4.78, 5) is 5.11. The molecule has 0 aromatic heterocycles. The van der Waals surface area contributed by atoms with Crippen LogP contribution in [0.5, 0.6) is 0 Å². The third-order valence-electron chi connectivity index (χ3n) is 1.65. The van der Waals surface area contributed by atoms with Crippen LogP contribution in [0.25, 0.3) is 0 Å². The van der Waals surface area contributed by atoms with Gasteiger partial charge in [-0.1, -0.05) is 24.6 Å². The molecule has 0 N–H and O–H groups in total. The lowest BCUT2D eigenvalue weighted by Gasteiger charge is -1.99. The number of hydrogen-bond donors (Lipinski definition) is 0. The summed E-state index contributed by atoms with van der Waals surface area (Å²) in [5.41, 5.74) is 1.09. The van der Waals surface area contributed by atoms with Crippen molar-refractivity contribution in [3.05, 3.63) is 12.2 Å². The maximum atomic E-state index is 5.11. The van der Waals surface area contributed by atoms with Gasteiger partial charge in [-0.2, -0.15) is 0 Å². The average Bonchev–Trinajstić information content (AvgIpc) is 2.37. The van der Waals surface area contributed by atoms with Gasteiger partial charge in [0.1, 0.15) is 0 Å². The molecule has 1 aliphatic rings. The fourth-order valence-electron chi connectivity index (χ4n) is 1.04. The van der Waals surface area contributed by atoms with Crippen molar-refractivity contribution in [3.63, 3.8) is 0 Å². The fourth-order valence-corrected chi connectivity index (χ4v) is 1.04. The van der Waals surface area contributed by atoms with Crippen LogP contribution in [0.15, 0.2) is 17.3 Å². The predicted octanol–water partition coefficient (Wildman–Crippen LogP) is 2.51. The highest BCUT2D eigenvalue weighted by Crippen LogP contribution is 2.11. The first-order valence-electron chi connectivity index (χ1n) is 4.19. The lowest BCUT2D eigenvalue weighted by atomic mass is 10.2. The largest absolute Gasteiger partial charge is 0.388 e. The molecule has 0 saturated heterocycles. The number of rotatable bonds is 3. The van der Waals surface area contributed by atoms with E-state index in [4.69, 9.17) is 4.84 Å². The highest BCUT2D eigenvalue weighted by atomic mass is 16.6. The molecule has 1 atom stereocenters. The quantitative estimate of drug-likeness (QED) is 0.571. The smallest absolute Gasteiger partial charge is 0.151 e. The van der Waals surface area contributed by atoms with Gasteiger partial charge in [0.15, 0.2) is 6.10 Å². The average molecular weight is 153 g/mol. The molecule has 62 valence electrons. The van der Waals surface area contributed by atoms with E-state index < -0.39 is 0 Å². The van der Waals surface area contributed by atoms with Crippen LogP contribution in [0.4, 0.5) is 0 Å². The van der Waals surface area contributed by atoms with Crippen molar-refractivity contribution < 1.29 is 4.84 Å². The van der Waals surface area contributed by atoms with Crippen LogP contribution < -0.4 is 0 Å². The van der Waals surface area contributed by atoms with E-state index in [2.05, 4.69) is 24.2 Å². The molecule has 0 saturated carbocycles. The highest BCUT2D eigenvalue weighted by molar-refractivity contribution is 5.83. The standard InChI is InChI=1S/C9H15NO/c1-3-4-5-6-9-7-8(2)10-11-9/h5-6,9H,3-4,7H2,1-2H3/b6-5+. The molecule has 2 nitrogen and oxygen atoms in total. The van der Waals surface area contributed by atoms with Crippen LogP contribution in [0.2, 0.25) is 0 Å². The molecule has 11 heavy (non-hydrogen) atoms. The molecule has 1 unspecified atom stereocenters. The summed E-state index contributed by atoms with van der Waals surface area (Å²) in [6, 6.07) is 0. The Morgan fingerprint density at radius 1 is 1.73 bits per heavy atom. The monoisotopic (exact) mass is 153 g/mol. The summed E-state index contributed by atoms with van der Waals surface area (Å²) in [6.07, 6.45) is 7.77. The van der Waals surface area contributed by atoms with Gasteiger partial charge in [0.05, 0.1) is 5.71 Å². The summed E-state index contributed by atoms with van der Waals surface area (Å²) in [7, 11) is 0. The predicted molar refractivity (Wildman–Crippen MR) is 46.6 cm³/mol. The normalized spacial score (nSPS) is 23.8. The minimum Gasteiger partial charge on any atom is -0.388 e. The Morgan fingerprint density at radius 3 is 3.09 bits per heavy atom. The zero-order valence-electron chi connectivity index (χ0n) is 7.21. The van der Waals surface area contributed by atoms with Crippen molar-refractivity contribution in [1.82, 2.24) is 0 Å². The summed E-state index contributed by atoms with van der Waals surface area (Å²) in [5.74, 6) is 0. The summed E-state index contributed by atoms with van der Waals surface area (Å²) >= 11 is 0. The Bertz CT molecular complexity index is 172. The molecule has 1 rings (SSSR count). The van der Waals surface area contributed by atoms with Crippen LogP contribution in [0.3, 0.4) is 0 Å². The lowest BCUT2D eigenvalue weighted by molar-refractivity contribution is 0.119. The summed E-state index contributed by atoms with van der Waals surface area (Å²) in [5, 5.41) is 3.86. The fraction of sp³-hybridized carbons (Fsp3) is 0.667. The number of nitrogens with zero attached hydrogens (tertiary/aromatic N) is 1. The van der Waals surface area contributed by atoms with Crippen molar-refractivity contribution in [3.8, 4) is 0 Å². The van der Waals surface area contributed by atoms with Crippen molar-refractivity contribution >= 4 is 5.71 Å². The molecule has 1 aliphatic heterocycles. The zero-order chi connectivity index (χ0) is 8.10. The molecular formula is C9H15NO. The molecule has 1 heterocycles. The summed E-state index contributed by atoms with van der Waals surface area (Å²) < 4.78 is 0. The first kappa shape index (κ1) is 8.31. The van der Waals surface area contributed by atoms with E-state index in [0.29, 0.717) is 0 Å². The van der Waals surface area contributed by atoms with Crippen LogP contribution in [0.1, 0.15) is 33.1 Å². The Labute approximate surface area is 67.9 Å². The molecule has 0 radical (unpaired) electrons. The van der Waals surface area contributed by atoms with Gasteiger partial charge in [0.2, 0.25) is 0 Å². The van der Waals surface area contributed by atoms with Crippen molar-refractivity contribution in [2.75, 3.05) is 0 Å². The highest BCUT2D eigenvalue weighted by Gasteiger charge is 2.13. The Kier molecular flexibility index (Phi) is 3.14. The molecule has 0 aromatic carbocycles. The van der Waals surface area contributed by atoms with Crippen LogP contribution in [-0.2, 0) is 4.84 Å². The van der Waals surface area contributed by atoms with E-state index in [1.54, 1.807) is 0 Å². The molecule has 0 bridgehead atoms. The second kappa shape index (κ2) is 4.16. The minimum absolute atomic E-state index is 0.210.